The summed E-state index contributed by atoms with van der Waals surface area (Å²) in [5.41, 5.74) is 0.754. The van der Waals surface area contributed by atoms with Crippen molar-refractivity contribution in [2.45, 2.75) is 6.42 Å². The highest BCUT2D eigenvalue weighted by atomic mass is 16.5. The first kappa shape index (κ1) is 9.53. The van der Waals surface area contributed by atoms with Crippen molar-refractivity contribution in [2.24, 2.45) is 0 Å². The van der Waals surface area contributed by atoms with Gasteiger partial charge in [-0.25, -0.2) is 0 Å². The predicted octanol–water partition coefficient (Wildman–Crippen LogP) is 1.33. The average Bonchev–Trinajstić information content (AvgIpc) is 2.28. The standard InChI is InChI=1S/C11H10N2O2/c12-6-3-7-13-9-4-1-2-5-10(9)15-8-11(13)14/h1-2,4-5H,3,7-8H2. The van der Waals surface area contributed by atoms with Gasteiger partial charge in [0, 0.05) is 6.54 Å². The number of rotatable bonds is 2. The molecule has 1 heterocycles. The predicted molar refractivity (Wildman–Crippen MR) is 54.5 cm³/mol. The molecule has 76 valence electrons. The number of amides is 1. The molecule has 1 amide bonds. The van der Waals surface area contributed by atoms with Gasteiger partial charge in [0.05, 0.1) is 18.2 Å². The van der Waals surface area contributed by atoms with Crippen molar-refractivity contribution in [1.29, 1.82) is 5.26 Å². The summed E-state index contributed by atoms with van der Waals surface area (Å²) < 4.78 is 5.27. The molecule has 0 saturated carbocycles. The minimum absolute atomic E-state index is 0.0580. The van der Waals surface area contributed by atoms with Crippen LogP contribution in [0.4, 0.5) is 5.69 Å². The van der Waals surface area contributed by atoms with E-state index in [-0.39, 0.29) is 12.5 Å². The molecule has 1 aliphatic rings. The SMILES string of the molecule is N#CCCN1C(=O)COc2ccccc21. The molecule has 0 spiro atoms. The fourth-order valence-corrected chi connectivity index (χ4v) is 1.56. The first-order valence-electron chi connectivity index (χ1n) is 4.72. The fraction of sp³-hybridized carbons (Fsp3) is 0.273. The molecule has 0 aromatic heterocycles. The van der Waals surface area contributed by atoms with Crippen LogP contribution in [0.1, 0.15) is 6.42 Å². The summed E-state index contributed by atoms with van der Waals surface area (Å²) in [6, 6.07) is 9.38. The Labute approximate surface area is 87.7 Å². The molecule has 4 heteroatoms. The van der Waals surface area contributed by atoms with Crippen LogP contribution >= 0.6 is 0 Å². The first-order chi connectivity index (χ1) is 7.33. The van der Waals surface area contributed by atoms with Gasteiger partial charge in [0.1, 0.15) is 5.75 Å². The molecule has 1 aliphatic heterocycles. The van der Waals surface area contributed by atoms with E-state index in [4.69, 9.17) is 10.00 Å². The number of nitriles is 1. The monoisotopic (exact) mass is 202 g/mol. The second kappa shape index (κ2) is 4.01. The number of carbonyl (C=O) groups is 1. The van der Waals surface area contributed by atoms with Crippen LogP contribution < -0.4 is 9.64 Å². The summed E-state index contributed by atoms with van der Waals surface area (Å²) in [7, 11) is 0. The van der Waals surface area contributed by atoms with Crippen LogP contribution in [0.15, 0.2) is 24.3 Å². The van der Waals surface area contributed by atoms with Gasteiger partial charge in [-0.2, -0.15) is 5.26 Å². The van der Waals surface area contributed by atoms with E-state index in [9.17, 15) is 4.79 Å². The van der Waals surface area contributed by atoms with E-state index >= 15 is 0 Å². The third-order valence-electron chi connectivity index (χ3n) is 2.26. The maximum Gasteiger partial charge on any atom is 0.265 e. The third-order valence-corrected chi connectivity index (χ3v) is 2.26. The maximum absolute atomic E-state index is 11.6. The van der Waals surface area contributed by atoms with Crippen molar-refractivity contribution >= 4 is 11.6 Å². The van der Waals surface area contributed by atoms with E-state index in [0.29, 0.717) is 18.7 Å². The Morgan fingerprint density at radius 2 is 2.27 bits per heavy atom. The molecule has 0 saturated heterocycles. The molecule has 1 aromatic rings. The fourth-order valence-electron chi connectivity index (χ4n) is 1.56. The Bertz CT molecular complexity index is 423. The van der Waals surface area contributed by atoms with E-state index in [2.05, 4.69) is 0 Å². The number of nitrogens with zero attached hydrogens (tertiary/aromatic N) is 2. The number of anilines is 1. The molecule has 1 aromatic carbocycles. The molecule has 0 unspecified atom stereocenters. The number of ether oxygens (including phenoxy) is 1. The summed E-state index contributed by atoms with van der Waals surface area (Å²) in [5.74, 6) is 0.610. The molecule has 0 N–H and O–H groups in total. The van der Waals surface area contributed by atoms with Crippen molar-refractivity contribution in [3.63, 3.8) is 0 Å². The van der Waals surface area contributed by atoms with Crippen molar-refractivity contribution in [2.75, 3.05) is 18.1 Å². The van der Waals surface area contributed by atoms with Gasteiger partial charge in [-0.3, -0.25) is 4.79 Å². The number of carbonyl (C=O) groups excluding carboxylic acids is 1. The van der Waals surface area contributed by atoms with Gasteiger partial charge in [0.15, 0.2) is 6.61 Å². The molecule has 4 nitrogen and oxygen atoms in total. The second-order valence-electron chi connectivity index (χ2n) is 3.21. The van der Waals surface area contributed by atoms with Crippen LogP contribution in [0.5, 0.6) is 5.75 Å². The zero-order chi connectivity index (χ0) is 10.7. The highest BCUT2D eigenvalue weighted by Gasteiger charge is 2.24. The van der Waals surface area contributed by atoms with E-state index < -0.39 is 0 Å². The third kappa shape index (κ3) is 1.77. The first-order valence-corrected chi connectivity index (χ1v) is 4.72. The summed E-state index contributed by atoms with van der Waals surface area (Å²) in [5, 5.41) is 8.51. The van der Waals surface area contributed by atoms with Crippen LogP contribution in [-0.2, 0) is 4.79 Å². The molecule has 0 fully saturated rings. The number of para-hydroxylation sites is 2. The van der Waals surface area contributed by atoms with Crippen molar-refractivity contribution in [1.82, 2.24) is 0 Å². The molecule has 0 bridgehead atoms. The second-order valence-corrected chi connectivity index (χ2v) is 3.21. The number of hydrogen-bond acceptors (Lipinski definition) is 3. The van der Waals surface area contributed by atoms with Crippen LogP contribution in [0, 0.1) is 11.3 Å². The molecular formula is C11H10N2O2. The number of hydrogen-bond donors (Lipinski definition) is 0. The quantitative estimate of drug-likeness (QED) is 0.726. The summed E-state index contributed by atoms with van der Waals surface area (Å²) in [4.78, 5) is 13.2. The van der Waals surface area contributed by atoms with Gasteiger partial charge in [0.25, 0.3) is 5.91 Å². The normalized spacial score (nSPS) is 14.1. The average molecular weight is 202 g/mol. The molecule has 0 atom stereocenters. The Hall–Kier alpha value is -2.02. The Morgan fingerprint density at radius 3 is 3.07 bits per heavy atom. The van der Waals surface area contributed by atoms with Crippen LogP contribution in [0.25, 0.3) is 0 Å². The zero-order valence-electron chi connectivity index (χ0n) is 8.14. The maximum atomic E-state index is 11.6. The molecule has 15 heavy (non-hydrogen) atoms. The Morgan fingerprint density at radius 1 is 1.47 bits per heavy atom. The van der Waals surface area contributed by atoms with E-state index in [1.54, 1.807) is 4.90 Å². The number of benzene rings is 1. The van der Waals surface area contributed by atoms with Crippen molar-refractivity contribution in [3.8, 4) is 11.8 Å². The minimum Gasteiger partial charge on any atom is -0.482 e. The smallest absolute Gasteiger partial charge is 0.265 e. The van der Waals surface area contributed by atoms with Crippen LogP contribution in [0.3, 0.4) is 0 Å². The van der Waals surface area contributed by atoms with E-state index in [1.807, 2.05) is 30.3 Å². The molecule has 0 aliphatic carbocycles. The highest BCUT2D eigenvalue weighted by Crippen LogP contribution is 2.31. The van der Waals surface area contributed by atoms with Crippen molar-refractivity contribution in [3.05, 3.63) is 24.3 Å². The lowest BCUT2D eigenvalue weighted by Gasteiger charge is -2.28. The summed E-state index contributed by atoms with van der Waals surface area (Å²) >= 11 is 0. The van der Waals surface area contributed by atoms with Gasteiger partial charge in [-0.1, -0.05) is 12.1 Å². The topological polar surface area (TPSA) is 53.3 Å². The van der Waals surface area contributed by atoms with E-state index in [1.165, 1.54) is 0 Å². The summed E-state index contributed by atoms with van der Waals surface area (Å²) in [6.07, 6.45) is 0.333. The van der Waals surface area contributed by atoms with E-state index in [0.717, 1.165) is 5.69 Å². The van der Waals surface area contributed by atoms with Crippen LogP contribution in [0.2, 0.25) is 0 Å². The Kier molecular flexibility index (Phi) is 2.55. The summed E-state index contributed by atoms with van der Waals surface area (Å²) in [6.45, 7) is 0.484. The van der Waals surface area contributed by atoms with Crippen LogP contribution in [-0.4, -0.2) is 19.1 Å². The minimum atomic E-state index is -0.0936. The molecule has 2 rings (SSSR count). The van der Waals surface area contributed by atoms with Gasteiger partial charge in [-0.05, 0) is 12.1 Å². The van der Waals surface area contributed by atoms with Gasteiger partial charge >= 0.3 is 0 Å². The lowest BCUT2D eigenvalue weighted by atomic mass is 10.2. The lowest BCUT2D eigenvalue weighted by Crippen LogP contribution is -2.39. The van der Waals surface area contributed by atoms with Gasteiger partial charge in [0.2, 0.25) is 0 Å². The number of fused-ring (bicyclic) bond motifs is 1. The Balaban J connectivity index is 2.29. The largest absolute Gasteiger partial charge is 0.482 e. The molecule has 0 radical (unpaired) electrons. The lowest BCUT2D eigenvalue weighted by molar-refractivity contribution is -0.121. The highest BCUT2D eigenvalue weighted by molar-refractivity contribution is 5.97. The van der Waals surface area contributed by atoms with Gasteiger partial charge < -0.3 is 9.64 Å². The zero-order valence-corrected chi connectivity index (χ0v) is 8.14. The van der Waals surface area contributed by atoms with Crippen molar-refractivity contribution < 1.29 is 9.53 Å². The van der Waals surface area contributed by atoms with Gasteiger partial charge in [-0.15, -0.1) is 0 Å². The molecular weight excluding hydrogens is 192 g/mol.